The summed E-state index contributed by atoms with van der Waals surface area (Å²) < 4.78 is 142. The summed E-state index contributed by atoms with van der Waals surface area (Å²) in [7, 11) is 0. The van der Waals surface area contributed by atoms with Crippen molar-refractivity contribution in [3.63, 3.8) is 0 Å². The average Bonchev–Trinajstić information content (AvgIpc) is 3.29. The Morgan fingerprint density at radius 1 is 1.40 bits per heavy atom. The molecule has 1 atom stereocenters. The largest absolute Gasteiger partial charge is 0.482 e. The molecule has 1 fully saturated rings. The highest BCUT2D eigenvalue weighted by Gasteiger charge is 2.19. The molecule has 0 amide bonds. The summed E-state index contributed by atoms with van der Waals surface area (Å²) >= 11 is 0. The first kappa shape index (κ1) is 9.06. The molecule has 3 N–H and O–H groups in total. The number of aromatic nitrogens is 3. The van der Waals surface area contributed by atoms with E-state index in [0.29, 0.717) is 6.07 Å². The quantitative estimate of drug-likeness (QED) is 0.637. The van der Waals surface area contributed by atoms with Crippen LogP contribution >= 0.6 is 0 Å². The Balaban J connectivity index is 1.84. The van der Waals surface area contributed by atoms with Crippen molar-refractivity contribution in [3.8, 4) is 16.9 Å². The fraction of sp³-hybridized carbons (Fsp3) is 0.391. The van der Waals surface area contributed by atoms with E-state index in [-0.39, 0.29) is 11.1 Å². The molecule has 2 aromatic heterocycles. The second-order valence-corrected chi connectivity index (χ2v) is 6.48. The Bertz CT molecular complexity index is 1580. The number of ether oxygens (including phenoxy) is 1. The molecular weight excluding hydrogens is 381 g/mol. The maximum absolute atomic E-state index is 15.0. The highest BCUT2D eigenvalue weighted by atomic mass is 19.1. The molecular formula is C23H28FN5O. The molecule has 0 spiro atoms. The van der Waals surface area contributed by atoms with Gasteiger partial charge in [-0.3, -0.25) is 4.68 Å². The first-order valence-electron chi connectivity index (χ1n) is 16.4. The van der Waals surface area contributed by atoms with Crippen LogP contribution in [0.25, 0.3) is 11.1 Å². The molecule has 6 nitrogen and oxygen atoms in total. The lowest BCUT2D eigenvalue weighted by Gasteiger charge is -2.22. The van der Waals surface area contributed by atoms with Gasteiger partial charge in [-0.2, -0.15) is 5.10 Å². The zero-order chi connectivity index (χ0) is 34.1. The molecule has 158 valence electrons. The normalized spacial score (nSPS) is 28.9. The number of nitrogens with one attached hydrogen (secondary N) is 1. The summed E-state index contributed by atoms with van der Waals surface area (Å²) in [4.78, 5) is 3.85. The summed E-state index contributed by atoms with van der Waals surface area (Å²) in [5.74, 6) is -2.45. The van der Waals surface area contributed by atoms with Crippen molar-refractivity contribution >= 4 is 5.82 Å². The van der Waals surface area contributed by atoms with Crippen LogP contribution in [0.3, 0.4) is 0 Å². The van der Waals surface area contributed by atoms with Gasteiger partial charge in [0.15, 0.2) is 11.6 Å². The van der Waals surface area contributed by atoms with Crippen molar-refractivity contribution < 1.29 is 29.7 Å². The number of nitrogen functional groups attached to an aromatic ring is 1. The first-order chi connectivity index (χ1) is 20.2. The lowest BCUT2D eigenvalue weighted by molar-refractivity contribution is 0.225. The van der Waals surface area contributed by atoms with E-state index in [2.05, 4.69) is 15.4 Å². The number of rotatable bonds is 5. The van der Waals surface area contributed by atoms with Gasteiger partial charge in [0.1, 0.15) is 11.9 Å². The number of anilines is 1. The maximum atomic E-state index is 15.0. The number of aryl methyl sites for hydroxylation is 1. The van der Waals surface area contributed by atoms with Crippen LogP contribution in [0.2, 0.25) is 0 Å². The van der Waals surface area contributed by atoms with E-state index in [1.165, 1.54) is 12.4 Å². The Morgan fingerprint density at radius 3 is 3.03 bits per heavy atom. The van der Waals surface area contributed by atoms with Crippen LogP contribution < -0.4 is 15.8 Å². The molecule has 0 aliphatic carbocycles. The highest BCUT2D eigenvalue weighted by molar-refractivity contribution is 5.66. The Hall–Kier alpha value is -2.93. The molecule has 7 heteroatoms. The number of halogens is 1. The summed E-state index contributed by atoms with van der Waals surface area (Å²) in [6.07, 6.45) is -1.44. The SMILES string of the molecule is [2H]c1nc(N)c(O[C@@H](c2c(C([2H])([2H])[2H])ccc(F)c2C([2H])([2H])[2H])C([2H])([2H])[2H])cc1-c1cnn(C2([2H])CC([2H])([2H])NC([2H])([2H])C2)c1. The number of nitrogens with two attached hydrogens (primary N) is 1. The van der Waals surface area contributed by atoms with Gasteiger partial charge in [0.2, 0.25) is 0 Å². The lowest BCUT2D eigenvalue weighted by Crippen LogP contribution is -2.29. The standard InChI is InChI=1S/C23H28FN5O/c1-14-4-5-20(24)15(2)22(14)16(3)30-21-10-17(11-27-23(21)25)18-12-28-29(13-18)19-6-8-26-9-7-19/h4-5,10-13,16,19,26H,6-9H2,1-3H3,(H2,25,27)/t16-/m1/s1/i1D3,2D3,3D3,8D2,9D2,11D,19D. The fourth-order valence-corrected chi connectivity index (χ4v) is 2.92. The average molecular weight is 425 g/mol. The lowest BCUT2D eigenvalue weighted by atomic mass is 9.98. The van der Waals surface area contributed by atoms with E-state index in [1.54, 1.807) is 0 Å². The van der Waals surface area contributed by atoms with Gasteiger partial charge in [-0.15, -0.1) is 0 Å². The molecule has 1 aliphatic heterocycles. The third kappa shape index (κ3) is 4.03. The molecule has 3 aromatic rings. The van der Waals surface area contributed by atoms with Gasteiger partial charge in [0.25, 0.3) is 0 Å². The predicted octanol–water partition coefficient (Wildman–Crippen LogP) is 4.35. The molecule has 1 saturated heterocycles. The predicted molar refractivity (Wildman–Crippen MR) is 116 cm³/mol. The van der Waals surface area contributed by atoms with Crippen LogP contribution in [0.1, 0.15) is 69.1 Å². The van der Waals surface area contributed by atoms with Crippen molar-refractivity contribution in [3.05, 3.63) is 59.3 Å². The molecule has 0 saturated carbocycles. The Morgan fingerprint density at radius 2 is 2.27 bits per heavy atom. The van der Waals surface area contributed by atoms with Gasteiger partial charge in [-0.25, -0.2) is 9.37 Å². The van der Waals surface area contributed by atoms with E-state index in [1.807, 2.05) is 0 Å². The number of piperidine rings is 1. The topological polar surface area (TPSA) is 78.0 Å². The Labute approximate surface area is 197 Å². The van der Waals surface area contributed by atoms with Crippen LogP contribution in [0, 0.1) is 19.5 Å². The van der Waals surface area contributed by atoms with Gasteiger partial charge < -0.3 is 15.8 Å². The van der Waals surface area contributed by atoms with Crippen LogP contribution in [-0.2, 0) is 0 Å². The third-order valence-corrected chi connectivity index (χ3v) is 4.51. The number of benzene rings is 1. The van der Waals surface area contributed by atoms with Crippen molar-refractivity contribution in [2.45, 2.75) is 45.5 Å². The van der Waals surface area contributed by atoms with Crippen molar-refractivity contribution in [2.75, 3.05) is 18.7 Å². The van der Waals surface area contributed by atoms with E-state index >= 15 is 0 Å². The first-order valence-corrected chi connectivity index (χ1v) is 8.86. The molecule has 1 aliphatic rings. The molecule has 1 aromatic carbocycles. The van der Waals surface area contributed by atoms with Crippen molar-refractivity contribution in [1.82, 2.24) is 20.1 Å². The van der Waals surface area contributed by atoms with Gasteiger partial charge in [-0.05, 0) is 69.7 Å². The highest BCUT2D eigenvalue weighted by Crippen LogP contribution is 2.33. The van der Waals surface area contributed by atoms with Crippen LogP contribution in [-0.4, -0.2) is 27.8 Å². The van der Waals surface area contributed by atoms with E-state index in [4.69, 9.17) is 31.0 Å². The molecule has 0 unspecified atom stereocenters. The summed E-state index contributed by atoms with van der Waals surface area (Å²) in [6.45, 7) is -14.2. The summed E-state index contributed by atoms with van der Waals surface area (Å²) in [6, 6.07) is 0.528. The van der Waals surface area contributed by atoms with Crippen LogP contribution in [0.4, 0.5) is 10.2 Å². The van der Waals surface area contributed by atoms with Gasteiger partial charge in [0, 0.05) is 46.9 Å². The number of hydrogen-bond acceptors (Lipinski definition) is 5. The number of pyridine rings is 1. The second kappa shape index (κ2) is 8.44. The van der Waals surface area contributed by atoms with E-state index < -0.39 is 98.8 Å². The number of nitrogens with zero attached hydrogens (tertiary/aromatic N) is 3. The minimum absolute atomic E-state index is 0.0891. The van der Waals surface area contributed by atoms with Crippen LogP contribution in [0.15, 0.2) is 36.8 Å². The molecule has 30 heavy (non-hydrogen) atoms. The zero-order valence-electron chi connectivity index (χ0n) is 30.6. The van der Waals surface area contributed by atoms with Crippen molar-refractivity contribution in [2.24, 2.45) is 0 Å². The molecule has 4 rings (SSSR count). The minimum atomic E-state index is -3.30. The third-order valence-electron chi connectivity index (χ3n) is 4.51. The zero-order valence-corrected chi connectivity index (χ0v) is 15.6. The smallest absolute Gasteiger partial charge is 0.166 e. The van der Waals surface area contributed by atoms with Crippen molar-refractivity contribution in [1.29, 1.82) is 0 Å². The summed E-state index contributed by atoms with van der Waals surface area (Å²) in [5, 5.41) is 6.26. The van der Waals surface area contributed by atoms with E-state index in [0.717, 1.165) is 16.8 Å². The minimum Gasteiger partial charge on any atom is -0.482 e. The maximum Gasteiger partial charge on any atom is 0.166 e. The Kier molecular flexibility index (Phi) is 2.55. The van der Waals surface area contributed by atoms with Gasteiger partial charge in [0.05, 0.1) is 15.0 Å². The summed E-state index contributed by atoms with van der Waals surface area (Å²) in [5.41, 5.74) is 3.06. The number of hydrogen-bond donors (Lipinski definition) is 2. The molecule has 0 bridgehead atoms. The molecule has 3 heterocycles. The van der Waals surface area contributed by atoms with Gasteiger partial charge in [-0.1, -0.05) is 6.07 Å². The monoisotopic (exact) mass is 424 g/mol. The van der Waals surface area contributed by atoms with E-state index in [9.17, 15) is 4.39 Å². The van der Waals surface area contributed by atoms with Gasteiger partial charge >= 0.3 is 0 Å². The fourth-order valence-electron chi connectivity index (χ4n) is 2.92. The second-order valence-electron chi connectivity index (χ2n) is 6.48. The van der Waals surface area contributed by atoms with Crippen LogP contribution in [0.5, 0.6) is 5.75 Å². The molecule has 0 radical (unpaired) electrons.